The lowest BCUT2D eigenvalue weighted by Crippen LogP contribution is -2.22. The van der Waals surface area contributed by atoms with E-state index in [0.29, 0.717) is 11.3 Å². The fraction of sp³-hybridized carbons (Fsp3) is 0.200. The number of nitrogens with two attached hydrogens (primary N) is 1. The largest absolute Gasteiger partial charge is 0.497 e. The molecule has 0 aliphatic rings. The Hall–Kier alpha value is -1.85. The van der Waals surface area contributed by atoms with E-state index in [4.69, 9.17) is 10.5 Å². The third-order valence-corrected chi connectivity index (χ3v) is 5.29. The lowest BCUT2D eigenvalue weighted by Gasteiger charge is -2.16. The molecule has 0 saturated heterocycles. The van der Waals surface area contributed by atoms with Crippen LogP contribution in [-0.4, -0.2) is 22.1 Å². The van der Waals surface area contributed by atoms with Gasteiger partial charge in [-0.05, 0) is 29.8 Å². The van der Waals surface area contributed by atoms with Crippen molar-refractivity contribution in [1.82, 2.24) is 0 Å². The van der Waals surface area contributed by atoms with Crippen LogP contribution < -0.4 is 10.5 Å². The Bertz CT molecular complexity index is 651. The average Bonchev–Trinajstić information content (AvgIpc) is 2.49. The minimum Gasteiger partial charge on any atom is -0.497 e. The zero-order valence-electron chi connectivity index (χ0n) is 11.2. The molecule has 5 heteroatoms. The molecular weight excluding hydrogens is 274 g/mol. The minimum absolute atomic E-state index is 0.0313. The number of hydrogen-bond acceptors (Lipinski definition) is 4. The second-order valence-corrected chi connectivity index (χ2v) is 6.49. The Morgan fingerprint density at radius 1 is 1.05 bits per heavy atom. The fourth-order valence-corrected chi connectivity index (χ4v) is 3.67. The van der Waals surface area contributed by atoms with Gasteiger partial charge in [-0.25, -0.2) is 8.42 Å². The zero-order valence-corrected chi connectivity index (χ0v) is 12.0. The van der Waals surface area contributed by atoms with Crippen LogP contribution >= 0.6 is 0 Å². The van der Waals surface area contributed by atoms with Crippen LogP contribution in [0.5, 0.6) is 5.75 Å². The van der Waals surface area contributed by atoms with Gasteiger partial charge >= 0.3 is 0 Å². The number of ether oxygens (including phenoxy) is 1. The van der Waals surface area contributed by atoms with E-state index in [2.05, 4.69) is 0 Å². The summed E-state index contributed by atoms with van der Waals surface area (Å²) in [5.74, 6) is 0.682. The number of methoxy groups -OCH3 is 1. The van der Waals surface area contributed by atoms with Crippen molar-refractivity contribution in [2.45, 2.75) is 10.1 Å². The molecule has 1 atom stereocenters. The first-order chi connectivity index (χ1) is 9.59. The van der Waals surface area contributed by atoms with Gasteiger partial charge in [-0.2, -0.15) is 0 Å². The standard InChI is InChI=1S/C15H17NO3S/c1-19-13-9-7-12(8-10-13)15(11-16)20(17,18)14-5-3-2-4-6-14/h2-10,15H,11,16H2,1H3/t15-/m1/s1. The van der Waals surface area contributed by atoms with Crippen LogP contribution in [0.1, 0.15) is 10.8 Å². The van der Waals surface area contributed by atoms with E-state index in [1.165, 1.54) is 0 Å². The summed E-state index contributed by atoms with van der Waals surface area (Å²) in [6.45, 7) is 0.0313. The van der Waals surface area contributed by atoms with Gasteiger partial charge in [0.15, 0.2) is 9.84 Å². The van der Waals surface area contributed by atoms with Crippen LogP contribution in [0.4, 0.5) is 0 Å². The maximum atomic E-state index is 12.6. The summed E-state index contributed by atoms with van der Waals surface area (Å²) >= 11 is 0. The van der Waals surface area contributed by atoms with Crippen molar-refractivity contribution in [3.8, 4) is 5.75 Å². The van der Waals surface area contributed by atoms with Gasteiger partial charge in [0.05, 0.1) is 12.0 Å². The second kappa shape index (κ2) is 6.07. The molecule has 0 amide bonds. The Morgan fingerprint density at radius 2 is 1.65 bits per heavy atom. The van der Waals surface area contributed by atoms with Crippen LogP contribution in [0.25, 0.3) is 0 Å². The van der Waals surface area contributed by atoms with Gasteiger partial charge < -0.3 is 10.5 Å². The Balaban J connectivity index is 2.41. The number of hydrogen-bond donors (Lipinski definition) is 1. The molecule has 2 N–H and O–H groups in total. The third-order valence-electron chi connectivity index (χ3n) is 3.15. The SMILES string of the molecule is COc1ccc([C@@H](CN)S(=O)(=O)c2ccccc2)cc1. The summed E-state index contributed by atoms with van der Waals surface area (Å²) in [5.41, 5.74) is 6.35. The fourth-order valence-electron chi connectivity index (χ4n) is 2.03. The van der Waals surface area contributed by atoms with E-state index >= 15 is 0 Å². The molecule has 0 aromatic heterocycles. The van der Waals surface area contributed by atoms with Crippen molar-refractivity contribution >= 4 is 9.84 Å². The predicted octanol–water partition coefficient (Wildman–Crippen LogP) is 2.17. The van der Waals surface area contributed by atoms with Gasteiger partial charge in [0.1, 0.15) is 11.0 Å². The normalized spacial score (nSPS) is 12.9. The van der Waals surface area contributed by atoms with Crippen molar-refractivity contribution in [3.63, 3.8) is 0 Å². The molecule has 2 aromatic rings. The number of benzene rings is 2. The molecule has 4 nitrogen and oxygen atoms in total. The predicted molar refractivity (Wildman–Crippen MR) is 78.4 cm³/mol. The van der Waals surface area contributed by atoms with E-state index in [9.17, 15) is 8.42 Å². The highest BCUT2D eigenvalue weighted by Crippen LogP contribution is 2.29. The van der Waals surface area contributed by atoms with Crippen LogP contribution in [0.2, 0.25) is 0 Å². The monoisotopic (exact) mass is 291 g/mol. The van der Waals surface area contributed by atoms with Gasteiger partial charge in [-0.1, -0.05) is 30.3 Å². The molecule has 0 bridgehead atoms. The molecule has 2 rings (SSSR count). The summed E-state index contributed by atoms with van der Waals surface area (Å²) in [6, 6.07) is 15.3. The van der Waals surface area contributed by atoms with Crippen molar-refractivity contribution in [2.75, 3.05) is 13.7 Å². The van der Waals surface area contributed by atoms with Crippen molar-refractivity contribution in [1.29, 1.82) is 0 Å². The minimum atomic E-state index is -3.49. The Morgan fingerprint density at radius 3 is 2.15 bits per heavy atom. The van der Waals surface area contributed by atoms with Crippen LogP contribution in [0.3, 0.4) is 0 Å². The van der Waals surface area contributed by atoms with E-state index < -0.39 is 15.1 Å². The number of rotatable bonds is 5. The first-order valence-corrected chi connectivity index (χ1v) is 7.77. The molecule has 0 spiro atoms. The third kappa shape index (κ3) is 2.84. The van der Waals surface area contributed by atoms with Gasteiger partial charge in [-0.15, -0.1) is 0 Å². The maximum Gasteiger partial charge on any atom is 0.186 e. The summed E-state index contributed by atoms with van der Waals surface area (Å²) in [4.78, 5) is 0.284. The molecule has 2 aromatic carbocycles. The molecule has 0 fully saturated rings. The molecule has 0 aliphatic carbocycles. The quantitative estimate of drug-likeness (QED) is 0.916. The molecule has 0 unspecified atom stereocenters. The van der Waals surface area contributed by atoms with E-state index in [0.717, 1.165) is 0 Å². The summed E-state index contributed by atoms with van der Waals surface area (Å²) in [7, 11) is -1.92. The smallest absolute Gasteiger partial charge is 0.186 e. The second-order valence-electron chi connectivity index (χ2n) is 4.36. The van der Waals surface area contributed by atoms with E-state index in [1.807, 2.05) is 0 Å². The van der Waals surface area contributed by atoms with Crippen molar-refractivity contribution in [2.24, 2.45) is 5.73 Å². The average molecular weight is 291 g/mol. The molecule has 106 valence electrons. The van der Waals surface area contributed by atoms with Crippen molar-refractivity contribution in [3.05, 3.63) is 60.2 Å². The Labute approximate surface area is 119 Å². The molecule has 0 aliphatic heterocycles. The lowest BCUT2D eigenvalue weighted by molar-refractivity contribution is 0.414. The highest BCUT2D eigenvalue weighted by molar-refractivity contribution is 7.91. The van der Waals surface area contributed by atoms with Crippen molar-refractivity contribution < 1.29 is 13.2 Å². The van der Waals surface area contributed by atoms with Crippen LogP contribution in [0, 0.1) is 0 Å². The Kier molecular flexibility index (Phi) is 4.42. The van der Waals surface area contributed by atoms with Gasteiger partial charge in [0.2, 0.25) is 0 Å². The highest BCUT2D eigenvalue weighted by Gasteiger charge is 2.27. The van der Waals surface area contributed by atoms with Gasteiger partial charge in [0.25, 0.3) is 0 Å². The molecule has 20 heavy (non-hydrogen) atoms. The molecule has 0 radical (unpaired) electrons. The van der Waals surface area contributed by atoms with Crippen LogP contribution in [-0.2, 0) is 9.84 Å². The number of sulfone groups is 1. The van der Waals surface area contributed by atoms with E-state index in [1.54, 1.807) is 61.7 Å². The topological polar surface area (TPSA) is 69.4 Å². The highest BCUT2D eigenvalue weighted by atomic mass is 32.2. The van der Waals surface area contributed by atoms with Gasteiger partial charge in [-0.3, -0.25) is 0 Å². The molecule has 0 saturated carbocycles. The first kappa shape index (κ1) is 14.6. The first-order valence-electron chi connectivity index (χ1n) is 6.22. The van der Waals surface area contributed by atoms with E-state index in [-0.39, 0.29) is 11.4 Å². The summed E-state index contributed by atoms with van der Waals surface area (Å²) in [5, 5.41) is -0.754. The van der Waals surface area contributed by atoms with Gasteiger partial charge in [0, 0.05) is 6.54 Å². The molecular formula is C15H17NO3S. The summed E-state index contributed by atoms with van der Waals surface area (Å²) in [6.07, 6.45) is 0. The zero-order chi connectivity index (χ0) is 14.6. The maximum absolute atomic E-state index is 12.6. The summed E-state index contributed by atoms with van der Waals surface area (Å²) < 4.78 is 30.3. The van der Waals surface area contributed by atoms with Crippen LogP contribution in [0.15, 0.2) is 59.5 Å². The lowest BCUT2D eigenvalue weighted by atomic mass is 10.1. The molecule has 0 heterocycles.